The molecule has 7 heteroatoms. The SMILES string of the molecule is CC(=O)Nc1ccccc1OCC(=O)NC(=O)Nc1ccc(C)cc1C. The molecule has 0 heterocycles. The van der Waals surface area contributed by atoms with Crippen LogP contribution in [0.1, 0.15) is 18.1 Å². The molecule has 0 aliphatic heterocycles. The second-order valence-electron chi connectivity index (χ2n) is 5.79. The maximum atomic E-state index is 11.9. The smallest absolute Gasteiger partial charge is 0.325 e. The van der Waals surface area contributed by atoms with Crippen molar-refractivity contribution < 1.29 is 19.1 Å². The largest absolute Gasteiger partial charge is 0.482 e. The van der Waals surface area contributed by atoms with Gasteiger partial charge in [-0.3, -0.25) is 14.9 Å². The molecule has 0 spiro atoms. The number of imide groups is 1. The van der Waals surface area contributed by atoms with Crippen LogP contribution in [0, 0.1) is 13.8 Å². The van der Waals surface area contributed by atoms with Crippen molar-refractivity contribution in [1.29, 1.82) is 0 Å². The minimum atomic E-state index is -0.638. The van der Waals surface area contributed by atoms with Gasteiger partial charge in [-0.05, 0) is 37.6 Å². The van der Waals surface area contributed by atoms with Gasteiger partial charge in [-0.1, -0.05) is 29.8 Å². The fourth-order valence-corrected chi connectivity index (χ4v) is 2.30. The summed E-state index contributed by atoms with van der Waals surface area (Å²) in [7, 11) is 0. The lowest BCUT2D eigenvalue weighted by molar-refractivity contribution is -0.121. The topological polar surface area (TPSA) is 96.5 Å². The van der Waals surface area contributed by atoms with Crippen LogP contribution < -0.4 is 20.7 Å². The van der Waals surface area contributed by atoms with Crippen LogP contribution in [-0.2, 0) is 9.59 Å². The zero-order chi connectivity index (χ0) is 19.1. The van der Waals surface area contributed by atoms with E-state index in [9.17, 15) is 14.4 Å². The highest BCUT2D eigenvalue weighted by molar-refractivity contribution is 6.02. The highest BCUT2D eigenvalue weighted by atomic mass is 16.5. The third kappa shape index (κ3) is 5.62. The Morgan fingerprint density at radius 2 is 1.69 bits per heavy atom. The predicted molar refractivity (Wildman–Crippen MR) is 99.3 cm³/mol. The molecular weight excluding hydrogens is 334 g/mol. The number of urea groups is 1. The molecule has 0 radical (unpaired) electrons. The van der Waals surface area contributed by atoms with E-state index >= 15 is 0 Å². The molecule has 2 rings (SSSR count). The van der Waals surface area contributed by atoms with Gasteiger partial charge in [-0.15, -0.1) is 0 Å². The molecule has 4 amide bonds. The fourth-order valence-electron chi connectivity index (χ4n) is 2.30. The molecule has 0 fully saturated rings. The third-order valence-corrected chi connectivity index (χ3v) is 3.44. The van der Waals surface area contributed by atoms with Crippen molar-refractivity contribution in [3.05, 3.63) is 53.6 Å². The minimum absolute atomic E-state index is 0.252. The summed E-state index contributed by atoms with van der Waals surface area (Å²) in [5, 5.41) is 7.43. The Morgan fingerprint density at radius 3 is 2.38 bits per heavy atom. The van der Waals surface area contributed by atoms with E-state index < -0.39 is 11.9 Å². The van der Waals surface area contributed by atoms with Gasteiger partial charge in [-0.2, -0.15) is 0 Å². The fraction of sp³-hybridized carbons (Fsp3) is 0.211. The van der Waals surface area contributed by atoms with E-state index in [0.717, 1.165) is 11.1 Å². The molecule has 0 saturated carbocycles. The summed E-state index contributed by atoms with van der Waals surface area (Å²) >= 11 is 0. The van der Waals surface area contributed by atoms with Gasteiger partial charge in [-0.25, -0.2) is 4.79 Å². The number of nitrogens with one attached hydrogen (secondary N) is 3. The molecule has 136 valence electrons. The number of benzene rings is 2. The normalized spacial score (nSPS) is 9.96. The molecule has 0 unspecified atom stereocenters. The molecule has 0 saturated heterocycles. The number of anilines is 2. The molecule has 0 aromatic heterocycles. The zero-order valence-corrected chi connectivity index (χ0v) is 14.9. The highest BCUT2D eigenvalue weighted by Gasteiger charge is 2.11. The molecule has 2 aromatic carbocycles. The van der Waals surface area contributed by atoms with E-state index in [-0.39, 0.29) is 12.5 Å². The van der Waals surface area contributed by atoms with Crippen molar-refractivity contribution in [1.82, 2.24) is 5.32 Å². The van der Waals surface area contributed by atoms with E-state index in [1.54, 1.807) is 30.3 Å². The molecule has 2 aromatic rings. The number of hydrogen-bond acceptors (Lipinski definition) is 4. The van der Waals surface area contributed by atoms with Gasteiger partial charge in [0.1, 0.15) is 5.75 Å². The summed E-state index contributed by atoms with van der Waals surface area (Å²) in [6, 6.07) is 11.7. The Labute approximate surface area is 151 Å². The van der Waals surface area contributed by atoms with E-state index in [1.165, 1.54) is 6.92 Å². The summed E-state index contributed by atoms with van der Waals surface area (Å²) in [5.74, 6) is -0.518. The standard InChI is InChI=1S/C19H21N3O4/c1-12-8-9-15(13(2)10-12)21-19(25)22-18(24)11-26-17-7-5-4-6-16(17)20-14(3)23/h4-10H,11H2,1-3H3,(H,20,23)(H2,21,22,24,25). The lowest BCUT2D eigenvalue weighted by atomic mass is 10.1. The van der Waals surface area contributed by atoms with Gasteiger partial charge in [0.15, 0.2) is 6.61 Å². The Bertz CT molecular complexity index is 833. The zero-order valence-electron chi connectivity index (χ0n) is 14.9. The first-order valence-electron chi connectivity index (χ1n) is 8.02. The van der Waals surface area contributed by atoms with Crippen molar-refractivity contribution in [2.24, 2.45) is 0 Å². The maximum absolute atomic E-state index is 11.9. The van der Waals surface area contributed by atoms with Crippen LogP contribution in [0.3, 0.4) is 0 Å². The van der Waals surface area contributed by atoms with Gasteiger partial charge in [0.05, 0.1) is 5.69 Å². The van der Waals surface area contributed by atoms with Crippen LogP contribution in [0.2, 0.25) is 0 Å². The summed E-state index contributed by atoms with van der Waals surface area (Å²) < 4.78 is 5.38. The van der Waals surface area contributed by atoms with Crippen molar-refractivity contribution in [3.8, 4) is 5.75 Å². The third-order valence-electron chi connectivity index (χ3n) is 3.44. The molecule has 26 heavy (non-hydrogen) atoms. The molecule has 0 bridgehead atoms. The number of carbonyl (C=O) groups excluding carboxylic acids is 3. The monoisotopic (exact) mass is 355 g/mol. The quantitative estimate of drug-likeness (QED) is 0.768. The second kappa shape index (κ2) is 8.66. The Kier molecular flexibility index (Phi) is 6.32. The van der Waals surface area contributed by atoms with Crippen LogP contribution in [0.5, 0.6) is 5.75 Å². The van der Waals surface area contributed by atoms with Crippen molar-refractivity contribution in [2.45, 2.75) is 20.8 Å². The molecule has 0 aliphatic carbocycles. The number of para-hydroxylation sites is 2. The van der Waals surface area contributed by atoms with Gasteiger partial charge >= 0.3 is 6.03 Å². The summed E-state index contributed by atoms with van der Waals surface area (Å²) in [6.45, 7) is 4.83. The number of ether oxygens (including phenoxy) is 1. The van der Waals surface area contributed by atoms with Crippen LogP contribution in [0.4, 0.5) is 16.2 Å². The van der Waals surface area contributed by atoms with E-state index in [2.05, 4.69) is 16.0 Å². The Balaban J connectivity index is 1.89. The first-order chi connectivity index (χ1) is 12.3. The van der Waals surface area contributed by atoms with Crippen molar-refractivity contribution in [3.63, 3.8) is 0 Å². The number of amides is 4. The van der Waals surface area contributed by atoms with E-state index in [0.29, 0.717) is 17.1 Å². The van der Waals surface area contributed by atoms with Crippen LogP contribution in [-0.4, -0.2) is 24.5 Å². The molecular formula is C19H21N3O4. The van der Waals surface area contributed by atoms with Crippen LogP contribution >= 0.6 is 0 Å². The maximum Gasteiger partial charge on any atom is 0.325 e. The molecule has 0 atom stereocenters. The molecule has 0 aliphatic rings. The first kappa shape index (κ1) is 19.0. The number of rotatable bonds is 5. The van der Waals surface area contributed by atoms with Gasteiger partial charge in [0.2, 0.25) is 5.91 Å². The Hall–Kier alpha value is -3.35. The van der Waals surface area contributed by atoms with Crippen molar-refractivity contribution in [2.75, 3.05) is 17.2 Å². The molecule has 7 nitrogen and oxygen atoms in total. The summed E-state index contributed by atoms with van der Waals surface area (Å²) in [6.07, 6.45) is 0. The number of carbonyl (C=O) groups is 3. The highest BCUT2D eigenvalue weighted by Crippen LogP contribution is 2.23. The summed E-state index contributed by atoms with van der Waals surface area (Å²) in [4.78, 5) is 35.0. The van der Waals surface area contributed by atoms with Gasteiger partial charge in [0.25, 0.3) is 5.91 Å². The Morgan fingerprint density at radius 1 is 0.962 bits per heavy atom. The van der Waals surface area contributed by atoms with Crippen molar-refractivity contribution >= 4 is 29.2 Å². The van der Waals surface area contributed by atoms with Gasteiger partial charge in [0, 0.05) is 12.6 Å². The average molecular weight is 355 g/mol. The van der Waals surface area contributed by atoms with Gasteiger partial charge < -0.3 is 15.4 Å². The first-order valence-corrected chi connectivity index (χ1v) is 8.02. The van der Waals surface area contributed by atoms with E-state index in [1.807, 2.05) is 26.0 Å². The van der Waals surface area contributed by atoms with Crippen LogP contribution in [0.25, 0.3) is 0 Å². The summed E-state index contributed by atoms with van der Waals surface area (Å²) in [5.41, 5.74) is 3.05. The number of hydrogen-bond donors (Lipinski definition) is 3. The predicted octanol–water partition coefficient (Wildman–Crippen LogP) is 2.99. The number of aryl methyl sites for hydroxylation is 2. The van der Waals surface area contributed by atoms with Crippen LogP contribution in [0.15, 0.2) is 42.5 Å². The average Bonchev–Trinajstić information content (AvgIpc) is 2.56. The second-order valence-corrected chi connectivity index (χ2v) is 5.79. The lowest BCUT2D eigenvalue weighted by Crippen LogP contribution is -2.37. The lowest BCUT2D eigenvalue weighted by Gasteiger charge is -2.12. The minimum Gasteiger partial charge on any atom is -0.482 e. The molecule has 3 N–H and O–H groups in total. The van der Waals surface area contributed by atoms with E-state index in [4.69, 9.17) is 4.74 Å².